The van der Waals surface area contributed by atoms with Crippen LogP contribution in [0.4, 0.5) is 11.4 Å². The van der Waals surface area contributed by atoms with Crippen LogP contribution >= 0.6 is 66.7 Å². The predicted molar refractivity (Wildman–Crippen MR) is 143 cm³/mol. The number of amides is 1. The highest BCUT2D eigenvalue weighted by atomic mass is 79.9. The summed E-state index contributed by atoms with van der Waals surface area (Å²) in [6.07, 6.45) is 1.36. The monoisotopic (exact) mass is 657 g/mol. The highest BCUT2D eigenvalue weighted by Gasteiger charge is 2.19. The van der Waals surface area contributed by atoms with Crippen LogP contribution in [0.15, 0.2) is 63.0 Å². The van der Waals surface area contributed by atoms with E-state index in [1.165, 1.54) is 6.08 Å². The van der Waals surface area contributed by atoms with Gasteiger partial charge in [0.1, 0.15) is 24.0 Å². The van der Waals surface area contributed by atoms with Gasteiger partial charge in [-0.2, -0.15) is 5.26 Å². The zero-order valence-corrected chi connectivity index (χ0v) is 22.8. The Labute approximate surface area is 231 Å². The SMILES string of the molecule is N#C/C(=C\c1cc(Br)c(OCc2ccc(Cl)cc2)c(Br)c1)C(=O)Nc1c(Cl)cc([N+](=O)[O-])cc1Cl. The first-order chi connectivity index (χ1) is 16.6. The van der Waals surface area contributed by atoms with Crippen LogP contribution in [-0.4, -0.2) is 10.8 Å². The van der Waals surface area contributed by atoms with Crippen molar-refractivity contribution in [1.29, 1.82) is 5.26 Å². The number of benzene rings is 3. The van der Waals surface area contributed by atoms with E-state index < -0.39 is 10.8 Å². The molecule has 0 aliphatic rings. The van der Waals surface area contributed by atoms with Crippen molar-refractivity contribution in [2.24, 2.45) is 0 Å². The van der Waals surface area contributed by atoms with Crippen LogP contribution in [-0.2, 0) is 11.4 Å². The van der Waals surface area contributed by atoms with Gasteiger partial charge < -0.3 is 10.1 Å². The van der Waals surface area contributed by atoms with E-state index in [-0.39, 0.29) is 27.0 Å². The number of carbonyl (C=O) groups excluding carboxylic acids is 1. The first kappa shape index (κ1) is 27.0. The van der Waals surface area contributed by atoms with Crippen molar-refractivity contribution >= 4 is 90.0 Å². The van der Waals surface area contributed by atoms with Crippen molar-refractivity contribution in [3.05, 3.63) is 99.4 Å². The molecule has 178 valence electrons. The third-order valence-corrected chi connectivity index (χ3v) is 6.50. The van der Waals surface area contributed by atoms with Crippen molar-refractivity contribution in [3.63, 3.8) is 0 Å². The highest BCUT2D eigenvalue weighted by molar-refractivity contribution is 9.11. The summed E-state index contributed by atoms with van der Waals surface area (Å²) in [4.78, 5) is 22.9. The largest absolute Gasteiger partial charge is 0.487 e. The van der Waals surface area contributed by atoms with Crippen molar-refractivity contribution in [3.8, 4) is 11.8 Å². The van der Waals surface area contributed by atoms with Gasteiger partial charge in [0.25, 0.3) is 11.6 Å². The average molecular weight is 661 g/mol. The zero-order chi connectivity index (χ0) is 25.7. The van der Waals surface area contributed by atoms with Gasteiger partial charge in [0, 0.05) is 17.2 Å². The molecular formula is C23H12Br2Cl3N3O4. The molecule has 0 saturated carbocycles. The third-order valence-electron chi connectivity index (χ3n) is 4.47. The van der Waals surface area contributed by atoms with Crippen LogP contribution in [0, 0.1) is 21.4 Å². The first-order valence-electron chi connectivity index (χ1n) is 9.52. The van der Waals surface area contributed by atoms with Gasteiger partial charge in [-0.25, -0.2) is 0 Å². The Morgan fingerprint density at radius 2 is 1.66 bits per heavy atom. The summed E-state index contributed by atoms with van der Waals surface area (Å²) in [5.74, 6) is -0.259. The topological polar surface area (TPSA) is 105 Å². The fourth-order valence-corrected chi connectivity index (χ4v) is 4.96. The minimum absolute atomic E-state index is 0.0432. The molecule has 0 fully saturated rings. The zero-order valence-electron chi connectivity index (χ0n) is 17.3. The quantitative estimate of drug-likeness (QED) is 0.119. The molecule has 12 heteroatoms. The number of nitro benzene ring substituents is 1. The molecule has 35 heavy (non-hydrogen) atoms. The number of non-ortho nitro benzene ring substituents is 1. The average Bonchev–Trinajstić information content (AvgIpc) is 2.80. The van der Waals surface area contributed by atoms with Gasteiger partial charge in [-0.3, -0.25) is 14.9 Å². The van der Waals surface area contributed by atoms with E-state index in [0.29, 0.717) is 31.9 Å². The number of halogens is 5. The first-order valence-corrected chi connectivity index (χ1v) is 12.2. The van der Waals surface area contributed by atoms with Crippen molar-refractivity contribution in [2.75, 3.05) is 5.32 Å². The van der Waals surface area contributed by atoms with Gasteiger partial charge in [-0.1, -0.05) is 46.9 Å². The molecule has 3 aromatic carbocycles. The Bertz CT molecular complexity index is 1340. The van der Waals surface area contributed by atoms with Gasteiger partial charge in [0.2, 0.25) is 0 Å². The molecule has 3 rings (SSSR count). The number of nitro groups is 1. The van der Waals surface area contributed by atoms with Crippen LogP contribution < -0.4 is 10.1 Å². The number of carbonyl (C=O) groups is 1. The van der Waals surface area contributed by atoms with E-state index in [9.17, 15) is 20.2 Å². The van der Waals surface area contributed by atoms with Gasteiger partial charge >= 0.3 is 0 Å². The van der Waals surface area contributed by atoms with Crippen LogP contribution in [0.25, 0.3) is 6.08 Å². The molecule has 0 aromatic heterocycles. The molecule has 0 radical (unpaired) electrons. The molecule has 0 unspecified atom stereocenters. The maximum absolute atomic E-state index is 12.7. The number of hydrogen-bond acceptors (Lipinski definition) is 5. The highest BCUT2D eigenvalue weighted by Crippen LogP contribution is 2.37. The van der Waals surface area contributed by atoms with Crippen molar-refractivity contribution < 1.29 is 14.5 Å². The van der Waals surface area contributed by atoms with E-state index in [2.05, 4.69) is 37.2 Å². The number of rotatable bonds is 7. The Morgan fingerprint density at radius 3 is 2.17 bits per heavy atom. The maximum atomic E-state index is 12.7. The summed E-state index contributed by atoms with van der Waals surface area (Å²) in [7, 11) is 0. The molecule has 0 aliphatic carbocycles. The fraction of sp³-hybridized carbons (Fsp3) is 0.0435. The summed E-state index contributed by atoms with van der Waals surface area (Å²) in [6, 6.07) is 14.5. The molecule has 0 heterocycles. The normalized spacial score (nSPS) is 11.0. The Balaban J connectivity index is 1.80. The summed E-state index contributed by atoms with van der Waals surface area (Å²) < 4.78 is 7.06. The van der Waals surface area contributed by atoms with Crippen LogP contribution in [0.2, 0.25) is 15.1 Å². The van der Waals surface area contributed by atoms with E-state index in [0.717, 1.165) is 17.7 Å². The second-order valence-electron chi connectivity index (χ2n) is 6.89. The summed E-state index contributed by atoms with van der Waals surface area (Å²) in [5, 5.41) is 23.2. The van der Waals surface area contributed by atoms with Gasteiger partial charge in [0.05, 0.1) is 29.6 Å². The number of anilines is 1. The number of ether oxygens (including phenoxy) is 1. The number of nitrogens with one attached hydrogen (secondary N) is 1. The minimum Gasteiger partial charge on any atom is -0.487 e. The lowest BCUT2D eigenvalue weighted by atomic mass is 10.1. The Hall–Kier alpha value is -2.61. The maximum Gasteiger partial charge on any atom is 0.272 e. The summed E-state index contributed by atoms with van der Waals surface area (Å²) in [5.41, 5.74) is 0.823. The van der Waals surface area contributed by atoms with Gasteiger partial charge in [-0.15, -0.1) is 0 Å². The fourth-order valence-electron chi connectivity index (χ4n) is 2.82. The predicted octanol–water partition coefficient (Wildman–Crippen LogP) is 8.20. The molecular weight excluding hydrogens is 648 g/mol. The molecule has 1 amide bonds. The lowest BCUT2D eigenvalue weighted by molar-refractivity contribution is -0.384. The van der Waals surface area contributed by atoms with Crippen LogP contribution in [0.3, 0.4) is 0 Å². The Morgan fingerprint density at radius 1 is 1.09 bits per heavy atom. The molecule has 3 aromatic rings. The van der Waals surface area contributed by atoms with Crippen molar-refractivity contribution in [1.82, 2.24) is 0 Å². The summed E-state index contributed by atoms with van der Waals surface area (Å²) >= 11 is 24.9. The standard InChI is InChI=1S/C23H12Br2Cl3N3O4/c24-17-6-13(7-18(25)22(17)35-11-12-1-3-15(26)4-2-12)5-14(10-29)23(32)30-21-19(27)8-16(31(33)34)9-20(21)28/h1-9H,11H2,(H,30,32)/b14-5+. The smallest absolute Gasteiger partial charge is 0.272 e. The lowest BCUT2D eigenvalue weighted by Crippen LogP contribution is -2.14. The molecule has 7 nitrogen and oxygen atoms in total. The molecule has 0 bridgehead atoms. The van der Waals surface area contributed by atoms with Gasteiger partial charge in [0.15, 0.2) is 0 Å². The summed E-state index contributed by atoms with van der Waals surface area (Å²) in [6.45, 7) is 0.298. The second kappa shape index (κ2) is 11.9. The molecule has 1 N–H and O–H groups in total. The lowest BCUT2D eigenvalue weighted by Gasteiger charge is -2.12. The van der Waals surface area contributed by atoms with Crippen molar-refractivity contribution in [2.45, 2.75) is 6.61 Å². The van der Waals surface area contributed by atoms with E-state index in [1.54, 1.807) is 24.3 Å². The number of hydrogen-bond donors (Lipinski definition) is 1. The van der Waals surface area contributed by atoms with Crippen LogP contribution in [0.1, 0.15) is 11.1 Å². The number of nitrogens with zero attached hydrogens (tertiary/aromatic N) is 2. The van der Waals surface area contributed by atoms with Gasteiger partial charge in [-0.05, 0) is 73.3 Å². The molecule has 0 aliphatic heterocycles. The van der Waals surface area contributed by atoms with E-state index in [4.69, 9.17) is 39.5 Å². The Kier molecular flexibility index (Phi) is 9.16. The van der Waals surface area contributed by atoms with E-state index in [1.807, 2.05) is 18.2 Å². The second-order valence-corrected chi connectivity index (χ2v) is 9.85. The van der Waals surface area contributed by atoms with E-state index >= 15 is 0 Å². The van der Waals surface area contributed by atoms with Crippen LogP contribution in [0.5, 0.6) is 5.75 Å². The minimum atomic E-state index is -0.791. The molecule has 0 atom stereocenters. The molecule has 0 spiro atoms. The number of nitriles is 1. The molecule has 0 saturated heterocycles. The third kappa shape index (κ3) is 6.97.